The van der Waals surface area contributed by atoms with Gasteiger partial charge in [0.05, 0.1) is 16.8 Å². The number of hydrogen-bond acceptors (Lipinski definition) is 2. The van der Waals surface area contributed by atoms with Crippen LogP contribution in [0.1, 0.15) is 19.4 Å². The summed E-state index contributed by atoms with van der Waals surface area (Å²) in [5.74, 6) is 0. The Labute approximate surface area is 107 Å². The monoisotopic (exact) mass is 261 g/mol. The zero-order chi connectivity index (χ0) is 12.3. The average molecular weight is 262 g/mol. The molecule has 0 amide bonds. The Kier molecular flexibility index (Phi) is 4.90. The van der Waals surface area contributed by atoms with Crippen LogP contribution in [-0.4, -0.2) is 19.3 Å². The van der Waals surface area contributed by atoms with Crippen molar-refractivity contribution in [3.05, 3.63) is 27.7 Å². The van der Waals surface area contributed by atoms with Crippen molar-refractivity contribution < 1.29 is 4.74 Å². The van der Waals surface area contributed by atoms with Crippen LogP contribution in [0.15, 0.2) is 12.1 Å². The topological polar surface area (TPSA) is 21.3 Å². The van der Waals surface area contributed by atoms with Gasteiger partial charge in [0.1, 0.15) is 0 Å². The molecule has 0 heterocycles. The zero-order valence-electron chi connectivity index (χ0n) is 9.97. The first-order valence-corrected chi connectivity index (χ1v) is 5.96. The maximum Gasteiger partial charge on any atom is 0.0741 e. The Balaban J connectivity index is 2.85. The summed E-state index contributed by atoms with van der Waals surface area (Å²) >= 11 is 12.2. The number of ether oxygens (including phenoxy) is 1. The smallest absolute Gasteiger partial charge is 0.0741 e. The second-order valence-electron chi connectivity index (χ2n) is 3.96. The molecule has 1 N–H and O–H groups in total. The second-order valence-corrected chi connectivity index (χ2v) is 4.77. The van der Waals surface area contributed by atoms with Gasteiger partial charge in [0.2, 0.25) is 0 Å². The molecule has 1 rings (SSSR count). The molecule has 90 valence electrons. The standard InChI is InChI=1S/C12H17Cl2NO/c1-7-5-11(14)12(6-10(7)13)15-8(2)9(3)16-4/h5-6,8-9,15H,1-4H3. The van der Waals surface area contributed by atoms with Gasteiger partial charge in [-0.05, 0) is 38.5 Å². The predicted molar refractivity (Wildman–Crippen MR) is 70.8 cm³/mol. The lowest BCUT2D eigenvalue weighted by molar-refractivity contribution is 0.106. The minimum absolute atomic E-state index is 0.108. The van der Waals surface area contributed by atoms with Gasteiger partial charge < -0.3 is 10.1 Å². The number of methoxy groups -OCH3 is 1. The molecule has 0 aliphatic carbocycles. The van der Waals surface area contributed by atoms with E-state index >= 15 is 0 Å². The Hall–Kier alpha value is -0.440. The zero-order valence-corrected chi connectivity index (χ0v) is 11.5. The number of rotatable bonds is 4. The Bertz CT molecular complexity index is 368. The maximum atomic E-state index is 6.13. The number of anilines is 1. The molecule has 0 aromatic heterocycles. The number of hydrogen-bond donors (Lipinski definition) is 1. The van der Waals surface area contributed by atoms with Crippen LogP contribution in [0.25, 0.3) is 0 Å². The highest BCUT2D eigenvalue weighted by molar-refractivity contribution is 6.35. The van der Waals surface area contributed by atoms with Crippen LogP contribution >= 0.6 is 23.2 Å². The van der Waals surface area contributed by atoms with Gasteiger partial charge >= 0.3 is 0 Å². The lowest BCUT2D eigenvalue weighted by Crippen LogP contribution is -2.29. The molecule has 0 bridgehead atoms. The molecule has 0 aliphatic heterocycles. The minimum atomic E-state index is 0.108. The summed E-state index contributed by atoms with van der Waals surface area (Å²) in [5, 5.41) is 4.68. The number of benzene rings is 1. The molecule has 2 unspecified atom stereocenters. The largest absolute Gasteiger partial charge is 0.380 e. The van der Waals surface area contributed by atoms with Crippen molar-refractivity contribution in [2.45, 2.75) is 32.9 Å². The van der Waals surface area contributed by atoms with Crippen LogP contribution in [0.3, 0.4) is 0 Å². The SMILES string of the molecule is COC(C)C(C)Nc1cc(Cl)c(C)cc1Cl. The molecule has 1 aromatic carbocycles. The van der Waals surface area contributed by atoms with Gasteiger partial charge in [0.15, 0.2) is 0 Å². The summed E-state index contributed by atoms with van der Waals surface area (Å²) in [4.78, 5) is 0. The molecule has 16 heavy (non-hydrogen) atoms. The van der Waals surface area contributed by atoms with Gasteiger partial charge in [-0.25, -0.2) is 0 Å². The number of nitrogens with one attached hydrogen (secondary N) is 1. The van der Waals surface area contributed by atoms with E-state index in [9.17, 15) is 0 Å². The Morgan fingerprint density at radius 3 is 2.38 bits per heavy atom. The van der Waals surface area contributed by atoms with Crippen LogP contribution < -0.4 is 5.32 Å². The molecular weight excluding hydrogens is 245 g/mol. The third-order valence-corrected chi connectivity index (χ3v) is 3.43. The van der Waals surface area contributed by atoms with Gasteiger partial charge in [-0.3, -0.25) is 0 Å². The highest BCUT2D eigenvalue weighted by Gasteiger charge is 2.13. The van der Waals surface area contributed by atoms with E-state index < -0.39 is 0 Å². The summed E-state index contributed by atoms with van der Waals surface area (Å²) in [6.07, 6.45) is 0.108. The number of aryl methyl sites for hydroxylation is 1. The normalized spacial score (nSPS) is 14.6. The van der Waals surface area contributed by atoms with Crippen molar-refractivity contribution in [1.29, 1.82) is 0 Å². The van der Waals surface area contributed by atoms with E-state index in [0.717, 1.165) is 11.3 Å². The number of halogens is 2. The van der Waals surface area contributed by atoms with Crippen molar-refractivity contribution in [2.75, 3.05) is 12.4 Å². The second kappa shape index (κ2) is 5.76. The van der Waals surface area contributed by atoms with E-state index in [4.69, 9.17) is 27.9 Å². The average Bonchev–Trinajstić information content (AvgIpc) is 2.24. The first kappa shape index (κ1) is 13.6. The highest BCUT2D eigenvalue weighted by atomic mass is 35.5. The van der Waals surface area contributed by atoms with E-state index in [1.165, 1.54) is 0 Å². The van der Waals surface area contributed by atoms with Crippen molar-refractivity contribution in [3.63, 3.8) is 0 Å². The third kappa shape index (κ3) is 3.27. The van der Waals surface area contributed by atoms with Crippen LogP contribution in [0.2, 0.25) is 10.0 Å². The quantitative estimate of drug-likeness (QED) is 0.880. The van der Waals surface area contributed by atoms with E-state index in [-0.39, 0.29) is 12.1 Å². The lowest BCUT2D eigenvalue weighted by Gasteiger charge is -2.22. The molecule has 0 spiro atoms. The molecule has 0 fully saturated rings. The van der Waals surface area contributed by atoms with E-state index in [0.29, 0.717) is 10.0 Å². The van der Waals surface area contributed by atoms with Crippen molar-refractivity contribution >= 4 is 28.9 Å². The van der Waals surface area contributed by atoms with E-state index in [2.05, 4.69) is 5.32 Å². The molecule has 2 atom stereocenters. The molecule has 0 saturated carbocycles. The molecule has 0 aliphatic rings. The summed E-state index contributed by atoms with van der Waals surface area (Å²) in [6.45, 7) is 5.97. The predicted octanol–water partition coefficient (Wildman–Crippen LogP) is 4.14. The molecule has 4 heteroatoms. The fraction of sp³-hybridized carbons (Fsp3) is 0.500. The first-order valence-electron chi connectivity index (χ1n) is 5.20. The van der Waals surface area contributed by atoms with Gasteiger partial charge in [-0.15, -0.1) is 0 Å². The summed E-state index contributed by atoms with van der Waals surface area (Å²) in [7, 11) is 1.69. The van der Waals surface area contributed by atoms with E-state index in [1.807, 2.05) is 32.9 Å². The Morgan fingerprint density at radius 2 is 1.81 bits per heavy atom. The van der Waals surface area contributed by atoms with Gasteiger partial charge in [-0.2, -0.15) is 0 Å². The van der Waals surface area contributed by atoms with E-state index in [1.54, 1.807) is 7.11 Å². The highest BCUT2D eigenvalue weighted by Crippen LogP contribution is 2.29. The molecule has 0 saturated heterocycles. The molecule has 0 radical (unpaired) electrons. The fourth-order valence-electron chi connectivity index (χ4n) is 1.32. The summed E-state index contributed by atoms with van der Waals surface area (Å²) < 4.78 is 5.24. The van der Waals surface area contributed by atoms with Crippen molar-refractivity contribution in [3.8, 4) is 0 Å². The fourth-order valence-corrected chi connectivity index (χ4v) is 1.76. The molecule has 1 aromatic rings. The summed E-state index contributed by atoms with van der Waals surface area (Å²) in [5.41, 5.74) is 1.82. The first-order chi connectivity index (χ1) is 7.45. The molecule has 2 nitrogen and oxygen atoms in total. The van der Waals surface area contributed by atoms with Crippen molar-refractivity contribution in [1.82, 2.24) is 0 Å². The maximum absolute atomic E-state index is 6.13. The van der Waals surface area contributed by atoms with Crippen LogP contribution in [0.4, 0.5) is 5.69 Å². The van der Waals surface area contributed by atoms with Gasteiger partial charge in [0, 0.05) is 18.2 Å². The molecular formula is C12H17Cl2NO. The Morgan fingerprint density at radius 1 is 1.19 bits per heavy atom. The third-order valence-electron chi connectivity index (χ3n) is 2.71. The van der Waals surface area contributed by atoms with Crippen LogP contribution in [0.5, 0.6) is 0 Å². The van der Waals surface area contributed by atoms with Crippen LogP contribution in [-0.2, 0) is 4.74 Å². The summed E-state index contributed by atoms with van der Waals surface area (Å²) in [6, 6.07) is 3.87. The van der Waals surface area contributed by atoms with Crippen molar-refractivity contribution in [2.24, 2.45) is 0 Å². The minimum Gasteiger partial charge on any atom is -0.380 e. The lowest BCUT2D eigenvalue weighted by atomic mass is 10.1. The van der Waals surface area contributed by atoms with Gasteiger partial charge in [0.25, 0.3) is 0 Å². The van der Waals surface area contributed by atoms with Gasteiger partial charge in [-0.1, -0.05) is 23.2 Å². The van der Waals surface area contributed by atoms with Crippen LogP contribution in [0, 0.1) is 6.92 Å².